The Balaban J connectivity index is 1.46. The number of hydrogen-bond acceptors (Lipinski definition) is 7. The maximum Gasteiger partial charge on any atom is 0.358 e. The number of amides is 5. The van der Waals surface area contributed by atoms with Crippen LogP contribution in [0, 0.1) is 0 Å². The largest absolute Gasteiger partial charge is 0.481 e. The molecule has 3 N–H and O–H groups in total. The number of carboxylic acids is 1. The Kier molecular flexibility index (Phi) is 10.3. The number of rotatable bonds is 11. The number of nitrogens with zero attached hydrogens (tertiary/aromatic N) is 3. The first-order valence-corrected chi connectivity index (χ1v) is 14.0. The van der Waals surface area contributed by atoms with Gasteiger partial charge in [-0.2, -0.15) is 0 Å². The number of nitrogens with one attached hydrogen (secondary N) is 2. The van der Waals surface area contributed by atoms with Gasteiger partial charge >= 0.3 is 12.0 Å². The summed E-state index contributed by atoms with van der Waals surface area (Å²) < 4.78 is 5.43. The van der Waals surface area contributed by atoms with Gasteiger partial charge in [-0.25, -0.2) is 19.8 Å². The summed E-state index contributed by atoms with van der Waals surface area (Å²) in [5, 5.41) is 15.4. The molecule has 0 aromatic heterocycles. The summed E-state index contributed by atoms with van der Waals surface area (Å²) in [6, 6.07) is 3.40. The van der Waals surface area contributed by atoms with Gasteiger partial charge in [0, 0.05) is 23.6 Å². The van der Waals surface area contributed by atoms with Crippen LogP contribution in [0.1, 0.15) is 44.1 Å². The minimum Gasteiger partial charge on any atom is -0.481 e. The zero-order valence-electron chi connectivity index (χ0n) is 22.8. The summed E-state index contributed by atoms with van der Waals surface area (Å²) in [6.45, 7) is -0.428. The number of carboxylic acid groups (broad SMARTS) is 1. The van der Waals surface area contributed by atoms with E-state index in [-0.39, 0.29) is 32.5 Å². The van der Waals surface area contributed by atoms with Crippen LogP contribution < -0.4 is 10.7 Å². The van der Waals surface area contributed by atoms with E-state index in [0.717, 1.165) is 16.4 Å². The van der Waals surface area contributed by atoms with Crippen LogP contribution in [0.2, 0.25) is 5.02 Å². The number of Topliss-reactive ketones (excluding diaryl/α,β-unsaturated/α-hetero) is 1. The molecule has 42 heavy (non-hydrogen) atoms. The molecule has 2 unspecified atom stereocenters. The van der Waals surface area contributed by atoms with E-state index in [9.17, 15) is 33.9 Å². The van der Waals surface area contributed by atoms with Crippen LogP contribution in [0.15, 0.2) is 48.1 Å². The lowest BCUT2D eigenvalue weighted by molar-refractivity contribution is -0.155. The minimum absolute atomic E-state index is 0.00459. The number of carbonyl (C=O) groups is 6. The van der Waals surface area contributed by atoms with Gasteiger partial charge in [0.25, 0.3) is 5.91 Å². The predicted molar refractivity (Wildman–Crippen MR) is 148 cm³/mol. The smallest absolute Gasteiger partial charge is 0.358 e. The fourth-order valence-corrected chi connectivity index (χ4v) is 5.04. The Morgan fingerprint density at radius 1 is 1.12 bits per heavy atom. The second-order valence-corrected chi connectivity index (χ2v) is 10.4. The average molecular weight is 602 g/mol. The highest BCUT2D eigenvalue weighted by atomic mass is 35.5. The standard InChI is InChI=1S/C28H32ClN5O8/c29-20-10-5-4-9-19(20)16-42-17-23(35)21(15-25(37)38)30-27(40)22-11-6-13-33-24(36)12-14-32(28(41)34(22)33)31-26(39)18-7-2-1-3-8-18/h2,4-5,7-10,21-22H,1,3,6,11-17H2,(H,30,40)(H,31,39)(H,37,38). The number of ketones is 1. The topological polar surface area (TPSA) is 166 Å². The maximum absolute atomic E-state index is 13.6. The van der Waals surface area contributed by atoms with Crippen molar-refractivity contribution in [2.75, 3.05) is 19.7 Å². The number of hydrazine groups is 2. The van der Waals surface area contributed by atoms with Gasteiger partial charge in [0.2, 0.25) is 11.8 Å². The second-order valence-electron chi connectivity index (χ2n) is 9.99. The maximum atomic E-state index is 13.6. The molecule has 1 aliphatic carbocycles. The third-order valence-electron chi connectivity index (χ3n) is 7.01. The Labute approximate surface area is 247 Å². The van der Waals surface area contributed by atoms with Crippen LogP contribution in [0.4, 0.5) is 4.79 Å². The molecular weight excluding hydrogens is 570 g/mol. The quantitative estimate of drug-likeness (QED) is 0.345. The van der Waals surface area contributed by atoms with Gasteiger partial charge in [0.1, 0.15) is 18.7 Å². The molecule has 224 valence electrons. The molecule has 13 nitrogen and oxygen atoms in total. The first kappa shape index (κ1) is 30.7. The highest BCUT2D eigenvalue weighted by Gasteiger charge is 2.44. The normalized spacial score (nSPS) is 19.4. The van der Waals surface area contributed by atoms with E-state index in [4.69, 9.17) is 16.3 Å². The van der Waals surface area contributed by atoms with Crippen molar-refractivity contribution in [3.63, 3.8) is 0 Å². The molecule has 14 heteroatoms. The summed E-state index contributed by atoms with van der Waals surface area (Å²) in [5.41, 5.74) is 3.54. The molecular formula is C28H32ClN5O8. The molecule has 0 spiro atoms. The van der Waals surface area contributed by atoms with Crippen LogP contribution in [-0.4, -0.2) is 87.4 Å². The third-order valence-corrected chi connectivity index (χ3v) is 7.38. The molecule has 4 rings (SSSR count). The predicted octanol–water partition coefficient (Wildman–Crippen LogP) is 1.73. The minimum atomic E-state index is -1.45. The zero-order valence-corrected chi connectivity index (χ0v) is 23.5. The van der Waals surface area contributed by atoms with Crippen molar-refractivity contribution in [2.24, 2.45) is 0 Å². The Morgan fingerprint density at radius 3 is 2.62 bits per heavy atom. The van der Waals surface area contributed by atoms with Crippen molar-refractivity contribution in [1.29, 1.82) is 0 Å². The van der Waals surface area contributed by atoms with E-state index in [1.54, 1.807) is 36.4 Å². The van der Waals surface area contributed by atoms with Crippen molar-refractivity contribution in [1.82, 2.24) is 25.8 Å². The van der Waals surface area contributed by atoms with E-state index in [1.807, 2.05) is 6.08 Å². The Hall–Kier alpha value is -4.23. The molecule has 1 aromatic carbocycles. The van der Waals surface area contributed by atoms with E-state index in [1.165, 1.54) is 5.01 Å². The Morgan fingerprint density at radius 2 is 1.90 bits per heavy atom. The number of fused-ring (bicyclic) bond motifs is 1. The van der Waals surface area contributed by atoms with Crippen LogP contribution in [0.25, 0.3) is 0 Å². The molecule has 0 saturated carbocycles. The summed E-state index contributed by atoms with van der Waals surface area (Å²) in [6.07, 6.45) is 6.43. The van der Waals surface area contributed by atoms with E-state index >= 15 is 0 Å². The molecule has 2 aliphatic heterocycles. The van der Waals surface area contributed by atoms with Crippen LogP contribution in [0.5, 0.6) is 0 Å². The lowest BCUT2D eigenvalue weighted by Gasteiger charge is -2.43. The monoisotopic (exact) mass is 601 g/mol. The van der Waals surface area contributed by atoms with Gasteiger partial charge in [-0.1, -0.05) is 48.0 Å². The number of hydrogen-bond donors (Lipinski definition) is 3. The van der Waals surface area contributed by atoms with Gasteiger partial charge in [0.05, 0.1) is 19.6 Å². The van der Waals surface area contributed by atoms with Gasteiger partial charge in [-0.05, 0) is 37.3 Å². The molecule has 1 aromatic rings. The van der Waals surface area contributed by atoms with Gasteiger partial charge < -0.3 is 15.2 Å². The van der Waals surface area contributed by atoms with Gasteiger partial charge in [-0.15, -0.1) is 0 Å². The second kappa shape index (κ2) is 14.1. The van der Waals surface area contributed by atoms with Crippen molar-refractivity contribution >= 4 is 47.1 Å². The highest BCUT2D eigenvalue weighted by molar-refractivity contribution is 6.31. The summed E-state index contributed by atoms with van der Waals surface area (Å²) in [7, 11) is 0. The van der Waals surface area contributed by atoms with E-state index in [0.29, 0.717) is 29.0 Å². The zero-order chi connectivity index (χ0) is 30.2. The molecule has 3 aliphatic rings. The van der Waals surface area contributed by atoms with Gasteiger partial charge in [0.15, 0.2) is 5.78 Å². The number of ether oxygens (including phenoxy) is 1. The SMILES string of the molecule is O=C(O)CC(NC(=O)C1CCCN2C(=O)CCN(NC(=O)C3=CCCC=C3)C(=O)N12)C(=O)COCc1ccccc1Cl. The summed E-state index contributed by atoms with van der Waals surface area (Å²) >= 11 is 6.10. The average Bonchev–Trinajstić information content (AvgIpc) is 3.10. The first-order valence-electron chi connectivity index (χ1n) is 13.6. The molecule has 0 radical (unpaired) electrons. The number of aliphatic carboxylic acids is 1. The summed E-state index contributed by atoms with van der Waals surface area (Å²) in [4.78, 5) is 77.2. The number of benzene rings is 1. The van der Waals surface area contributed by atoms with Gasteiger partial charge in [-0.3, -0.25) is 29.4 Å². The molecule has 2 atom stereocenters. The fourth-order valence-electron chi connectivity index (χ4n) is 4.85. The van der Waals surface area contributed by atoms with Crippen molar-refractivity contribution in [2.45, 2.75) is 57.2 Å². The van der Waals surface area contributed by atoms with E-state index < -0.39 is 60.6 Å². The molecule has 2 fully saturated rings. The molecule has 2 saturated heterocycles. The first-order chi connectivity index (χ1) is 20.2. The van der Waals surface area contributed by atoms with Crippen LogP contribution in [0.3, 0.4) is 0 Å². The van der Waals surface area contributed by atoms with Crippen molar-refractivity contribution < 1.29 is 38.6 Å². The van der Waals surface area contributed by atoms with Crippen LogP contribution >= 0.6 is 11.6 Å². The van der Waals surface area contributed by atoms with Crippen LogP contribution in [-0.2, 0) is 35.3 Å². The molecule has 5 amide bonds. The number of allylic oxidation sites excluding steroid dienone is 2. The number of halogens is 1. The lowest BCUT2D eigenvalue weighted by Crippen LogP contribution is -2.65. The molecule has 2 heterocycles. The van der Waals surface area contributed by atoms with Crippen molar-refractivity contribution in [3.8, 4) is 0 Å². The fraction of sp³-hybridized carbons (Fsp3) is 0.429. The van der Waals surface area contributed by atoms with E-state index in [2.05, 4.69) is 10.7 Å². The Bertz CT molecular complexity index is 1310. The lowest BCUT2D eigenvalue weighted by atomic mass is 10.0. The highest BCUT2D eigenvalue weighted by Crippen LogP contribution is 2.24. The summed E-state index contributed by atoms with van der Waals surface area (Å²) in [5.74, 6) is -3.77. The number of carbonyl (C=O) groups excluding carboxylic acids is 5. The van der Waals surface area contributed by atoms with Crippen molar-refractivity contribution in [3.05, 3.63) is 58.7 Å². The molecule has 0 bridgehead atoms. The number of urea groups is 1. The third kappa shape index (κ3) is 7.53.